The standard InChI is InChI=1S/C17H26N4/c1-14(20-11-6-2-3-7-12-20)10-13-21-16-9-5-4-8-15(16)17(18)19-21/h4-5,8-9,14H,2-3,6-7,10-13H2,1H3,(H2,18,19). The number of hydrogen-bond acceptors (Lipinski definition) is 3. The van der Waals surface area contributed by atoms with Gasteiger partial charge in [-0.25, -0.2) is 0 Å². The fourth-order valence-electron chi connectivity index (χ4n) is 3.35. The van der Waals surface area contributed by atoms with Crippen LogP contribution in [0.15, 0.2) is 24.3 Å². The van der Waals surface area contributed by atoms with E-state index in [1.807, 2.05) is 12.1 Å². The topological polar surface area (TPSA) is 47.1 Å². The van der Waals surface area contributed by atoms with Crippen LogP contribution in [-0.2, 0) is 6.54 Å². The molecule has 1 atom stereocenters. The van der Waals surface area contributed by atoms with Gasteiger partial charge in [0.2, 0.25) is 0 Å². The summed E-state index contributed by atoms with van der Waals surface area (Å²) in [5.41, 5.74) is 7.16. The molecule has 4 nitrogen and oxygen atoms in total. The summed E-state index contributed by atoms with van der Waals surface area (Å²) in [5.74, 6) is 0.646. The van der Waals surface area contributed by atoms with Gasteiger partial charge >= 0.3 is 0 Å². The lowest BCUT2D eigenvalue weighted by Crippen LogP contribution is -2.34. The number of fused-ring (bicyclic) bond motifs is 1. The van der Waals surface area contributed by atoms with E-state index in [9.17, 15) is 0 Å². The Morgan fingerprint density at radius 2 is 1.86 bits per heavy atom. The highest BCUT2D eigenvalue weighted by atomic mass is 15.3. The molecule has 1 aliphatic heterocycles. The molecule has 114 valence electrons. The Balaban J connectivity index is 1.65. The van der Waals surface area contributed by atoms with Crippen LogP contribution in [0.25, 0.3) is 10.9 Å². The Labute approximate surface area is 126 Å². The molecule has 4 heteroatoms. The summed E-state index contributed by atoms with van der Waals surface area (Å²) < 4.78 is 2.07. The molecule has 3 rings (SSSR count). The van der Waals surface area contributed by atoms with Crippen molar-refractivity contribution in [2.24, 2.45) is 0 Å². The Kier molecular flexibility index (Phi) is 4.44. The molecule has 1 aromatic carbocycles. The van der Waals surface area contributed by atoms with Gasteiger partial charge in [0.15, 0.2) is 5.82 Å². The molecule has 0 saturated carbocycles. The summed E-state index contributed by atoms with van der Waals surface area (Å²) in [5, 5.41) is 5.57. The first kappa shape index (κ1) is 14.4. The number of anilines is 1. The Hall–Kier alpha value is -1.55. The molecule has 0 radical (unpaired) electrons. The number of nitrogens with two attached hydrogens (primary N) is 1. The van der Waals surface area contributed by atoms with Crippen LogP contribution in [0.4, 0.5) is 5.82 Å². The van der Waals surface area contributed by atoms with Gasteiger partial charge in [-0.3, -0.25) is 4.68 Å². The largest absolute Gasteiger partial charge is 0.382 e. The zero-order valence-corrected chi connectivity index (χ0v) is 13.0. The molecule has 1 aliphatic rings. The van der Waals surface area contributed by atoms with Crippen molar-refractivity contribution in [1.29, 1.82) is 0 Å². The van der Waals surface area contributed by atoms with Crippen LogP contribution in [0.5, 0.6) is 0 Å². The number of benzene rings is 1. The van der Waals surface area contributed by atoms with E-state index in [2.05, 4.69) is 33.7 Å². The molecule has 0 aliphatic carbocycles. The van der Waals surface area contributed by atoms with Crippen LogP contribution >= 0.6 is 0 Å². The molecule has 1 unspecified atom stereocenters. The summed E-state index contributed by atoms with van der Waals surface area (Å²) in [6, 6.07) is 8.84. The van der Waals surface area contributed by atoms with E-state index < -0.39 is 0 Å². The second kappa shape index (κ2) is 6.48. The third kappa shape index (κ3) is 3.21. The molecule has 2 N–H and O–H groups in total. The highest BCUT2D eigenvalue weighted by Crippen LogP contribution is 2.21. The SMILES string of the molecule is CC(CCn1nc(N)c2ccccc21)N1CCCCCC1. The summed E-state index contributed by atoms with van der Waals surface area (Å²) >= 11 is 0. The highest BCUT2D eigenvalue weighted by molar-refractivity contribution is 5.88. The van der Waals surface area contributed by atoms with Crippen molar-refractivity contribution in [1.82, 2.24) is 14.7 Å². The average Bonchev–Trinajstić information content (AvgIpc) is 2.71. The zero-order valence-electron chi connectivity index (χ0n) is 13.0. The molecular formula is C17H26N4. The van der Waals surface area contributed by atoms with E-state index in [1.165, 1.54) is 38.8 Å². The van der Waals surface area contributed by atoms with Gasteiger partial charge in [-0.1, -0.05) is 25.0 Å². The number of para-hydroxylation sites is 1. The van der Waals surface area contributed by atoms with Crippen molar-refractivity contribution in [3.8, 4) is 0 Å². The van der Waals surface area contributed by atoms with Crippen molar-refractivity contribution in [3.63, 3.8) is 0 Å². The number of nitrogen functional groups attached to an aromatic ring is 1. The lowest BCUT2D eigenvalue weighted by Gasteiger charge is -2.27. The number of likely N-dealkylation sites (tertiary alicyclic amines) is 1. The Bertz CT molecular complexity index is 581. The smallest absolute Gasteiger partial charge is 0.153 e. The molecule has 0 spiro atoms. The minimum absolute atomic E-state index is 0.618. The van der Waals surface area contributed by atoms with E-state index >= 15 is 0 Å². The molecular weight excluding hydrogens is 260 g/mol. The summed E-state index contributed by atoms with van der Waals surface area (Å²) in [6.07, 6.45) is 6.61. The Morgan fingerprint density at radius 3 is 2.62 bits per heavy atom. The predicted molar refractivity (Wildman–Crippen MR) is 88.3 cm³/mol. The van der Waals surface area contributed by atoms with Gasteiger partial charge in [0, 0.05) is 18.0 Å². The van der Waals surface area contributed by atoms with Crippen molar-refractivity contribution in [3.05, 3.63) is 24.3 Å². The normalized spacial score (nSPS) is 18.7. The van der Waals surface area contributed by atoms with Gasteiger partial charge in [0.25, 0.3) is 0 Å². The number of rotatable bonds is 4. The quantitative estimate of drug-likeness (QED) is 0.938. The van der Waals surface area contributed by atoms with Crippen molar-refractivity contribution >= 4 is 16.7 Å². The maximum Gasteiger partial charge on any atom is 0.153 e. The monoisotopic (exact) mass is 286 g/mol. The molecule has 21 heavy (non-hydrogen) atoms. The lowest BCUT2D eigenvalue weighted by molar-refractivity contribution is 0.201. The molecule has 0 bridgehead atoms. The molecule has 2 aromatic rings. The first-order valence-electron chi connectivity index (χ1n) is 8.21. The summed E-state index contributed by atoms with van der Waals surface area (Å²) in [7, 11) is 0. The minimum Gasteiger partial charge on any atom is -0.382 e. The van der Waals surface area contributed by atoms with Gasteiger partial charge < -0.3 is 10.6 Å². The molecule has 1 saturated heterocycles. The van der Waals surface area contributed by atoms with Gasteiger partial charge in [-0.15, -0.1) is 0 Å². The number of aryl methyl sites for hydroxylation is 1. The second-order valence-electron chi connectivity index (χ2n) is 6.21. The van der Waals surface area contributed by atoms with E-state index in [4.69, 9.17) is 5.73 Å². The van der Waals surface area contributed by atoms with Crippen LogP contribution in [0.1, 0.15) is 39.0 Å². The van der Waals surface area contributed by atoms with Crippen LogP contribution < -0.4 is 5.73 Å². The maximum absolute atomic E-state index is 6.00. The number of nitrogens with zero attached hydrogens (tertiary/aromatic N) is 3. The zero-order chi connectivity index (χ0) is 14.7. The first-order chi connectivity index (χ1) is 10.3. The maximum atomic E-state index is 6.00. The van der Waals surface area contributed by atoms with Gasteiger partial charge in [-0.2, -0.15) is 5.10 Å². The van der Waals surface area contributed by atoms with E-state index in [1.54, 1.807) is 0 Å². The van der Waals surface area contributed by atoms with Crippen LogP contribution in [-0.4, -0.2) is 33.8 Å². The third-order valence-corrected chi connectivity index (χ3v) is 4.71. The first-order valence-corrected chi connectivity index (χ1v) is 8.21. The number of hydrogen-bond donors (Lipinski definition) is 1. The van der Waals surface area contributed by atoms with Crippen molar-refractivity contribution in [2.45, 2.75) is 51.6 Å². The van der Waals surface area contributed by atoms with Gasteiger partial charge in [-0.05, 0) is 51.4 Å². The summed E-state index contributed by atoms with van der Waals surface area (Å²) in [4.78, 5) is 2.64. The molecule has 1 aromatic heterocycles. The van der Waals surface area contributed by atoms with Crippen LogP contribution in [0.3, 0.4) is 0 Å². The average molecular weight is 286 g/mol. The lowest BCUT2D eigenvalue weighted by atomic mass is 10.2. The predicted octanol–water partition coefficient (Wildman–Crippen LogP) is 3.27. The van der Waals surface area contributed by atoms with Gasteiger partial charge in [0.05, 0.1) is 5.52 Å². The minimum atomic E-state index is 0.618. The Morgan fingerprint density at radius 1 is 1.14 bits per heavy atom. The van der Waals surface area contributed by atoms with E-state index in [0.29, 0.717) is 11.9 Å². The highest BCUT2D eigenvalue weighted by Gasteiger charge is 2.16. The summed E-state index contributed by atoms with van der Waals surface area (Å²) in [6.45, 7) is 5.79. The van der Waals surface area contributed by atoms with Gasteiger partial charge in [0.1, 0.15) is 0 Å². The second-order valence-corrected chi connectivity index (χ2v) is 6.21. The number of aromatic nitrogens is 2. The van der Waals surface area contributed by atoms with Crippen LogP contribution in [0.2, 0.25) is 0 Å². The van der Waals surface area contributed by atoms with Crippen molar-refractivity contribution < 1.29 is 0 Å². The molecule has 0 amide bonds. The molecule has 2 heterocycles. The fraction of sp³-hybridized carbons (Fsp3) is 0.588. The van der Waals surface area contributed by atoms with Crippen LogP contribution in [0, 0.1) is 0 Å². The fourth-order valence-corrected chi connectivity index (χ4v) is 3.35. The van der Waals surface area contributed by atoms with E-state index in [0.717, 1.165) is 23.9 Å². The molecule has 1 fully saturated rings. The third-order valence-electron chi connectivity index (χ3n) is 4.71. The van der Waals surface area contributed by atoms with Crippen molar-refractivity contribution in [2.75, 3.05) is 18.8 Å². The van der Waals surface area contributed by atoms with E-state index in [-0.39, 0.29) is 0 Å².